The lowest BCUT2D eigenvalue weighted by Crippen LogP contribution is -2.52. The summed E-state index contributed by atoms with van der Waals surface area (Å²) in [6.07, 6.45) is 4.69. The Balaban J connectivity index is 1.68. The molecule has 0 N–H and O–H groups in total. The maximum Gasteiger partial charge on any atom is 0.213 e. The number of nitrogens with zero attached hydrogens (tertiary/aromatic N) is 2. The van der Waals surface area contributed by atoms with Crippen LogP contribution in [0.5, 0.6) is 5.88 Å². The van der Waals surface area contributed by atoms with E-state index in [0.717, 1.165) is 22.8 Å². The summed E-state index contributed by atoms with van der Waals surface area (Å²) < 4.78 is 6.96. The molecule has 2 bridgehead atoms. The van der Waals surface area contributed by atoms with Gasteiger partial charge >= 0.3 is 0 Å². The minimum absolute atomic E-state index is 0.344. The summed E-state index contributed by atoms with van der Waals surface area (Å²) in [5, 5.41) is 0. The number of hydrogen-bond donors (Lipinski definition) is 0. The van der Waals surface area contributed by atoms with Crippen LogP contribution in [-0.4, -0.2) is 35.6 Å². The van der Waals surface area contributed by atoms with Gasteiger partial charge in [0.1, 0.15) is 6.10 Å². The molecule has 3 saturated heterocycles. The predicted molar refractivity (Wildman–Crippen MR) is 65.5 cm³/mol. The monoisotopic (exact) mass is 282 g/mol. The second-order valence-electron chi connectivity index (χ2n) is 4.61. The number of pyridine rings is 1. The molecule has 0 saturated carbocycles. The lowest BCUT2D eigenvalue weighted by molar-refractivity contribution is -0.00994. The van der Waals surface area contributed by atoms with Gasteiger partial charge in [0.05, 0.1) is 0 Å². The molecule has 4 rings (SSSR count). The maximum atomic E-state index is 5.97. The highest BCUT2D eigenvalue weighted by molar-refractivity contribution is 9.10. The normalized spacial score (nSPS) is 32.7. The molecule has 0 aromatic carbocycles. The first-order valence-corrected chi connectivity index (χ1v) is 6.61. The van der Waals surface area contributed by atoms with Crippen LogP contribution in [0.2, 0.25) is 0 Å². The third-order valence-electron chi connectivity index (χ3n) is 3.57. The van der Waals surface area contributed by atoms with Crippen LogP contribution in [0.1, 0.15) is 12.8 Å². The Bertz CT molecular complexity index is 360. The lowest BCUT2D eigenvalue weighted by atomic mass is 9.86. The molecule has 1 aromatic rings. The molecular formula is C12H15BrN2O. The molecule has 3 aliphatic rings. The summed E-state index contributed by atoms with van der Waals surface area (Å²) in [6.45, 7) is 3.57. The van der Waals surface area contributed by atoms with E-state index in [9.17, 15) is 0 Å². The van der Waals surface area contributed by atoms with Crippen molar-refractivity contribution in [3.8, 4) is 5.88 Å². The zero-order chi connectivity index (χ0) is 11.0. The highest BCUT2D eigenvalue weighted by Gasteiger charge is 2.35. The molecule has 1 aromatic heterocycles. The van der Waals surface area contributed by atoms with Gasteiger partial charge in [-0.05, 0) is 53.8 Å². The Morgan fingerprint density at radius 3 is 2.69 bits per heavy atom. The van der Waals surface area contributed by atoms with E-state index in [2.05, 4.69) is 25.8 Å². The van der Waals surface area contributed by atoms with Crippen LogP contribution < -0.4 is 4.74 Å². The summed E-state index contributed by atoms with van der Waals surface area (Å²) in [5.74, 6) is 1.48. The van der Waals surface area contributed by atoms with Crippen LogP contribution in [0.3, 0.4) is 0 Å². The highest BCUT2D eigenvalue weighted by Crippen LogP contribution is 2.30. The number of rotatable bonds is 2. The van der Waals surface area contributed by atoms with Crippen molar-refractivity contribution in [1.29, 1.82) is 0 Å². The minimum Gasteiger partial charge on any atom is -0.473 e. The van der Waals surface area contributed by atoms with Gasteiger partial charge in [-0.1, -0.05) is 0 Å². The lowest BCUT2D eigenvalue weighted by Gasteiger charge is -2.44. The van der Waals surface area contributed by atoms with Crippen molar-refractivity contribution in [2.75, 3.05) is 19.6 Å². The maximum absolute atomic E-state index is 5.97. The number of hydrogen-bond acceptors (Lipinski definition) is 3. The Morgan fingerprint density at radius 1 is 1.31 bits per heavy atom. The van der Waals surface area contributed by atoms with E-state index in [1.165, 1.54) is 25.9 Å². The Kier molecular flexibility index (Phi) is 2.86. The molecule has 4 heterocycles. The fourth-order valence-electron chi connectivity index (χ4n) is 2.63. The molecule has 3 fully saturated rings. The summed E-state index contributed by atoms with van der Waals surface area (Å²) in [5.41, 5.74) is 0. The van der Waals surface area contributed by atoms with Gasteiger partial charge in [0.25, 0.3) is 0 Å². The average molecular weight is 283 g/mol. The van der Waals surface area contributed by atoms with Crippen LogP contribution in [0.4, 0.5) is 0 Å². The Morgan fingerprint density at radius 2 is 2.12 bits per heavy atom. The molecule has 0 unspecified atom stereocenters. The third kappa shape index (κ3) is 2.09. The fraction of sp³-hybridized carbons (Fsp3) is 0.583. The van der Waals surface area contributed by atoms with Gasteiger partial charge in [-0.25, -0.2) is 4.98 Å². The fourth-order valence-corrected chi connectivity index (χ4v) is 2.87. The van der Waals surface area contributed by atoms with E-state index in [1.807, 2.05) is 12.1 Å². The van der Waals surface area contributed by atoms with Gasteiger partial charge < -0.3 is 4.74 Å². The van der Waals surface area contributed by atoms with Crippen molar-refractivity contribution < 1.29 is 4.74 Å². The van der Waals surface area contributed by atoms with Crippen LogP contribution in [-0.2, 0) is 0 Å². The molecule has 3 aliphatic heterocycles. The number of fused-ring (bicyclic) bond motifs is 3. The minimum atomic E-state index is 0.344. The first kappa shape index (κ1) is 10.5. The average Bonchev–Trinajstić information content (AvgIpc) is 2.34. The zero-order valence-electron chi connectivity index (χ0n) is 9.10. The van der Waals surface area contributed by atoms with E-state index in [-0.39, 0.29) is 0 Å². The first-order valence-electron chi connectivity index (χ1n) is 5.82. The first-order chi connectivity index (χ1) is 7.81. The van der Waals surface area contributed by atoms with Crippen LogP contribution in [0, 0.1) is 5.92 Å². The van der Waals surface area contributed by atoms with Gasteiger partial charge in [0.15, 0.2) is 0 Å². The second-order valence-corrected chi connectivity index (χ2v) is 5.52. The van der Waals surface area contributed by atoms with Crippen molar-refractivity contribution in [3.63, 3.8) is 0 Å². The SMILES string of the molecule is Brc1ccc(O[C@@H]2CN3CCC2CC3)nc1. The van der Waals surface area contributed by atoms with Crippen molar-refractivity contribution in [3.05, 3.63) is 22.8 Å². The van der Waals surface area contributed by atoms with E-state index in [4.69, 9.17) is 4.74 Å². The Labute approximate surface area is 104 Å². The van der Waals surface area contributed by atoms with Crippen LogP contribution >= 0.6 is 15.9 Å². The van der Waals surface area contributed by atoms with E-state index in [1.54, 1.807) is 6.20 Å². The molecule has 0 radical (unpaired) electrons. The second kappa shape index (κ2) is 4.34. The summed E-state index contributed by atoms with van der Waals surface area (Å²) >= 11 is 3.38. The molecule has 0 amide bonds. The summed E-state index contributed by atoms with van der Waals surface area (Å²) in [6, 6.07) is 3.91. The van der Waals surface area contributed by atoms with Gasteiger partial charge in [-0.15, -0.1) is 0 Å². The van der Waals surface area contributed by atoms with Gasteiger partial charge in [-0.3, -0.25) is 4.90 Å². The predicted octanol–water partition coefficient (Wildman–Crippen LogP) is 2.32. The quantitative estimate of drug-likeness (QED) is 0.833. The molecule has 3 nitrogen and oxygen atoms in total. The molecule has 0 aliphatic carbocycles. The number of ether oxygens (including phenoxy) is 1. The van der Waals surface area contributed by atoms with Gasteiger partial charge in [0.2, 0.25) is 5.88 Å². The van der Waals surface area contributed by atoms with Crippen LogP contribution in [0.25, 0.3) is 0 Å². The molecule has 4 heteroatoms. The third-order valence-corrected chi connectivity index (χ3v) is 4.04. The zero-order valence-corrected chi connectivity index (χ0v) is 10.7. The van der Waals surface area contributed by atoms with Crippen LogP contribution in [0.15, 0.2) is 22.8 Å². The van der Waals surface area contributed by atoms with Crippen molar-refractivity contribution in [1.82, 2.24) is 9.88 Å². The van der Waals surface area contributed by atoms with Crippen molar-refractivity contribution in [2.45, 2.75) is 18.9 Å². The standard InChI is InChI=1S/C12H15BrN2O/c13-10-1-2-12(14-7-10)16-11-8-15-5-3-9(11)4-6-15/h1-2,7,9,11H,3-6,8H2/t11-/m1/s1. The largest absolute Gasteiger partial charge is 0.473 e. The van der Waals surface area contributed by atoms with Crippen molar-refractivity contribution in [2.24, 2.45) is 5.92 Å². The van der Waals surface area contributed by atoms with Crippen molar-refractivity contribution >= 4 is 15.9 Å². The van der Waals surface area contributed by atoms with Gasteiger partial charge in [-0.2, -0.15) is 0 Å². The topological polar surface area (TPSA) is 25.4 Å². The summed E-state index contributed by atoms with van der Waals surface area (Å²) in [4.78, 5) is 6.76. The Hall–Kier alpha value is -0.610. The van der Waals surface area contributed by atoms with E-state index < -0.39 is 0 Å². The smallest absolute Gasteiger partial charge is 0.213 e. The number of halogens is 1. The molecule has 86 valence electrons. The molecular weight excluding hydrogens is 268 g/mol. The highest BCUT2D eigenvalue weighted by atomic mass is 79.9. The van der Waals surface area contributed by atoms with E-state index >= 15 is 0 Å². The molecule has 0 spiro atoms. The molecule has 16 heavy (non-hydrogen) atoms. The number of aromatic nitrogens is 1. The van der Waals surface area contributed by atoms with Gasteiger partial charge in [0, 0.05) is 23.3 Å². The van der Waals surface area contributed by atoms with E-state index in [0.29, 0.717) is 6.10 Å². The molecule has 1 atom stereocenters. The summed E-state index contributed by atoms with van der Waals surface area (Å²) in [7, 11) is 0. The number of piperidine rings is 3.